The molecule has 0 radical (unpaired) electrons. The van der Waals surface area contributed by atoms with E-state index in [0.717, 1.165) is 0 Å². The second-order valence-corrected chi connectivity index (χ2v) is 6.69. The van der Waals surface area contributed by atoms with E-state index in [4.69, 9.17) is 0 Å². The summed E-state index contributed by atoms with van der Waals surface area (Å²) in [5.74, 6) is 0. The summed E-state index contributed by atoms with van der Waals surface area (Å²) in [6.45, 7) is 11.1. The fraction of sp³-hybridized carbons (Fsp3) is 0.769. The maximum absolute atomic E-state index is 13.1. The van der Waals surface area contributed by atoms with Gasteiger partial charge in [-0.2, -0.15) is 18.3 Å². The topological polar surface area (TPSA) is 17.8 Å². The van der Waals surface area contributed by atoms with Crippen LogP contribution in [0.5, 0.6) is 0 Å². The van der Waals surface area contributed by atoms with Gasteiger partial charge < -0.3 is 0 Å². The monoisotopic (exact) mass is 262 g/mol. The van der Waals surface area contributed by atoms with E-state index in [0.29, 0.717) is 11.3 Å². The van der Waals surface area contributed by atoms with Gasteiger partial charge in [0.15, 0.2) is 5.69 Å². The minimum absolute atomic E-state index is 0.296. The van der Waals surface area contributed by atoms with Crippen molar-refractivity contribution in [2.75, 3.05) is 0 Å². The molecule has 0 aliphatic heterocycles. The van der Waals surface area contributed by atoms with Gasteiger partial charge >= 0.3 is 6.18 Å². The lowest BCUT2D eigenvalue weighted by Crippen LogP contribution is -2.25. The summed E-state index contributed by atoms with van der Waals surface area (Å²) in [5, 5.41) is 3.71. The van der Waals surface area contributed by atoms with E-state index in [-0.39, 0.29) is 5.41 Å². The summed E-state index contributed by atoms with van der Waals surface area (Å²) in [7, 11) is 1.57. The first-order chi connectivity index (χ1) is 7.76. The average molecular weight is 262 g/mol. The van der Waals surface area contributed by atoms with Crippen molar-refractivity contribution < 1.29 is 13.2 Å². The lowest BCUT2D eigenvalue weighted by molar-refractivity contribution is -0.142. The number of aromatic nitrogens is 2. The van der Waals surface area contributed by atoms with Crippen LogP contribution in [-0.2, 0) is 24.1 Å². The Morgan fingerprint density at radius 3 is 1.61 bits per heavy atom. The lowest BCUT2D eigenvalue weighted by Gasteiger charge is -2.28. The summed E-state index contributed by atoms with van der Waals surface area (Å²) < 4.78 is 40.6. The Kier molecular flexibility index (Phi) is 3.35. The maximum Gasteiger partial charge on any atom is 0.435 e. The Hall–Kier alpha value is -1.00. The molecule has 0 atom stereocenters. The normalized spacial score (nSPS) is 14.1. The molecular formula is C13H21F3N2. The van der Waals surface area contributed by atoms with Crippen molar-refractivity contribution in [3.63, 3.8) is 0 Å². The summed E-state index contributed by atoms with van der Waals surface area (Å²) in [6.07, 6.45) is -4.41. The molecule has 1 aromatic rings. The Morgan fingerprint density at radius 1 is 0.889 bits per heavy atom. The van der Waals surface area contributed by atoms with E-state index >= 15 is 0 Å². The van der Waals surface area contributed by atoms with E-state index < -0.39 is 17.3 Å². The highest BCUT2D eigenvalue weighted by Crippen LogP contribution is 2.42. The number of nitrogens with zero attached hydrogens (tertiary/aromatic N) is 2. The zero-order chi connectivity index (χ0) is 14.5. The predicted octanol–water partition coefficient (Wildman–Crippen LogP) is 4.03. The van der Waals surface area contributed by atoms with Gasteiger partial charge in [-0.1, -0.05) is 41.5 Å². The third-order valence-electron chi connectivity index (χ3n) is 2.78. The van der Waals surface area contributed by atoms with Gasteiger partial charge in [-0.25, -0.2) is 0 Å². The molecule has 0 N–H and O–H groups in total. The Labute approximate surface area is 106 Å². The highest BCUT2D eigenvalue weighted by molar-refractivity contribution is 5.38. The molecule has 0 bridgehead atoms. The van der Waals surface area contributed by atoms with Crippen LogP contribution in [0.2, 0.25) is 0 Å². The second kappa shape index (κ2) is 4.00. The van der Waals surface area contributed by atoms with E-state index in [1.807, 2.05) is 20.8 Å². The van der Waals surface area contributed by atoms with E-state index in [1.165, 1.54) is 4.68 Å². The molecule has 0 unspecified atom stereocenters. The number of hydrogen-bond donors (Lipinski definition) is 0. The van der Waals surface area contributed by atoms with Crippen molar-refractivity contribution in [3.8, 4) is 0 Å². The Bertz CT molecular complexity index is 443. The summed E-state index contributed by atoms with van der Waals surface area (Å²) in [4.78, 5) is 0. The Balaban J connectivity index is 3.70. The van der Waals surface area contributed by atoms with Gasteiger partial charge in [-0.3, -0.25) is 4.68 Å². The number of rotatable bonds is 0. The zero-order valence-corrected chi connectivity index (χ0v) is 12.0. The third-order valence-corrected chi connectivity index (χ3v) is 2.78. The average Bonchev–Trinajstić information content (AvgIpc) is 2.39. The molecule has 104 valence electrons. The molecular weight excluding hydrogens is 241 g/mol. The molecule has 2 nitrogen and oxygen atoms in total. The standard InChI is InChI=1S/C13H21F3N2/c1-11(2,3)8-9(13(14,15)16)17-18(7)10(8)12(4,5)6/h1-7H3. The summed E-state index contributed by atoms with van der Waals surface area (Å²) in [5.41, 5.74) is -0.801. The van der Waals surface area contributed by atoms with Crippen LogP contribution in [0.4, 0.5) is 13.2 Å². The number of halogens is 3. The van der Waals surface area contributed by atoms with Gasteiger partial charge in [0.2, 0.25) is 0 Å². The molecule has 5 heteroatoms. The fourth-order valence-electron chi connectivity index (χ4n) is 2.29. The fourth-order valence-corrected chi connectivity index (χ4v) is 2.29. The van der Waals surface area contributed by atoms with Gasteiger partial charge in [0, 0.05) is 23.7 Å². The smallest absolute Gasteiger partial charge is 0.271 e. The number of aryl methyl sites for hydroxylation is 1. The minimum atomic E-state index is -4.41. The third kappa shape index (κ3) is 2.70. The van der Waals surface area contributed by atoms with Crippen LogP contribution in [0.25, 0.3) is 0 Å². The van der Waals surface area contributed by atoms with Crippen molar-refractivity contribution in [2.45, 2.75) is 58.5 Å². The van der Waals surface area contributed by atoms with E-state index in [2.05, 4.69) is 5.10 Å². The molecule has 1 rings (SSSR count). The highest BCUT2D eigenvalue weighted by atomic mass is 19.4. The van der Waals surface area contributed by atoms with Crippen LogP contribution in [-0.4, -0.2) is 9.78 Å². The van der Waals surface area contributed by atoms with Crippen molar-refractivity contribution >= 4 is 0 Å². The van der Waals surface area contributed by atoms with Crippen LogP contribution < -0.4 is 0 Å². The van der Waals surface area contributed by atoms with Crippen molar-refractivity contribution in [2.24, 2.45) is 7.05 Å². The first-order valence-corrected chi connectivity index (χ1v) is 5.91. The Morgan fingerprint density at radius 2 is 1.33 bits per heavy atom. The highest BCUT2D eigenvalue weighted by Gasteiger charge is 2.43. The molecule has 0 aliphatic rings. The number of alkyl halides is 3. The molecule has 0 fully saturated rings. The van der Waals surface area contributed by atoms with E-state index in [1.54, 1.807) is 27.8 Å². The quantitative estimate of drug-likeness (QED) is 0.690. The van der Waals surface area contributed by atoms with Gasteiger partial charge in [0.1, 0.15) is 0 Å². The molecule has 0 saturated carbocycles. The number of hydrogen-bond acceptors (Lipinski definition) is 1. The molecule has 0 spiro atoms. The predicted molar refractivity (Wildman–Crippen MR) is 65.6 cm³/mol. The maximum atomic E-state index is 13.1. The van der Waals surface area contributed by atoms with Crippen molar-refractivity contribution in [1.29, 1.82) is 0 Å². The lowest BCUT2D eigenvalue weighted by atomic mass is 9.78. The first-order valence-electron chi connectivity index (χ1n) is 5.91. The van der Waals surface area contributed by atoms with Gasteiger partial charge in [0.25, 0.3) is 0 Å². The summed E-state index contributed by atoms with van der Waals surface area (Å²) >= 11 is 0. The van der Waals surface area contributed by atoms with Crippen LogP contribution >= 0.6 is 0 Å². The molecule has 0 saturated heterocycles. The van der Waals surface area contributed by atoms with Gasteiger partial charge in [0.05, 0.1) is 0 Å². The van der Waals surface area contributed by atoms with Crippen LogP contribution in [0, 0.1) is 0 Å². The zero-order valence-electron chi connectivity index (χ0n) is 12.0. The molecule has 0 aromatic carbocycles. The molecule has 0 aliphatic carbocycles. The van der Waals surface area contributed by atoms with Crippen molar-refractivity contribution in [3.05, 3.63) is 17.0 Å². The molecule has 18 heavy (non-hydrogen) atoms. The van der Waals surface area contributed by atoms with Gasteiger partial charge in [-0.05, 0) is 5.41 Å². The molecule has 1 heterocycles. The molecule has 0 amide bonds. The minimum Gasteiger partial charge on any atom is -0.271 e. The largest absolute Gasteiger partial charge is 0.435 e. The molecule has 1 aromatic heterocycles. The van der Waals surface area contributed by atoms with Crippen LogP contribution in [0.15, 0.2) is 0 Å². The van der Waals surface area contributed by atoms with Crippen molar-refractivity contribution in [1.82, 2.24) is 9.78 Å². The van der Waals surface area contributed by atoms with Crippen LogP contribution in [0.1, 0.15) is 58.5 Å². The van der Waals surface area contributed by atoms with Gasteiger partial charge in [-0.15, -0.1) is 0 Å². The SMILES string of the molecule is Cn1nc(C(F)(F)F)c(C(C)(C)C)c1C(C)(C)C. The van der Waals surface area contributed by atoms with E-state index in [9.17, 15) is 13.2 Å². The second-order valence-electron chi connectivity index (χ2n) is 6.69. The van der Waals surface area contributed by atoms with Crippen LogP contribution in [0.3, 0.4) is 0 Å². The summed E-state index contributed by atoms with van der Waals surface area (Å²) in [6, 6.07) is 0. The first kappa shape index (κ1) is 15.1.